The molecular weight excluding hydrogens is 377 g/mol. The highest BCUT2D eigenvalue weighted by Crippen LogP contribution is 2.42. The Balaban J connectivity index is 1.67. The quantitative estimate of drug-likeness (QED) is 0.419. The average molecular weight is 404 g/mol. The number of benzene rings is 2. The van der Waals surface area contributed by atoms with Crippen molar-refractivity contribution in [2.24, 2.45) is 0 Å². The van der Waals surface area contributed by atoms with Crippen molar-refractivity contribution in [2.45, 2.75) is 57.0 Å². The van der Waals surface area contributed by atoms with E-state index in [1.165, 1.54) is 19.1 Å². The Kier molecular flexibility index (Phi) is 7.01. The Morgan fingerprint density at radius 3 is 2.38 bits per heavy atom. The largest absolute Gasteiger partial charge is 0.490 e. The Hall–Kier alpha value is -2.27. The maximum atomic E-state index is 14.6. The fraction of sp³-hybridized carbons (Fsp3) is 0.417. The highest BCUT2D eigenvalue weighted by Gasteiger charge is 2.28. The lowest BCUT2D eigenvalue weighted by molar-refractivity contribution is 0.194. The van der Waals surface area contributed by atoms with Gasteiger partial charge in [0.15, 0.2) is 11.6 Å². The molecule has 1 unspecified atom stereocenters. The molecule has 1 N–H and O–H groups in total. The zero-order valence-corrected chi connectivity index (χ0v) is 16.6. The first kappa shape index (κ1) is 21.4. The van der Waals surface area contributed by atoms with Crippen LogP contribution in [0.1, 0.15) is 73.7 Å². The summed E-state index contributed by atoms with van der Waals surface area (Å²) >= 11 is 0. The Labute approximate surface area is 170 Å². The first-order valence-corrected chi connectivity index (χ1v) is 10.1. The predicted octanol–water partition coefficient (Wildman–Crippen LogP) is 6.55. The molecule has 156 valence electrons. The molecule has 0 saturated heterocycles. The normalized spacial score (nSPS) is 20.3. The molecule has 2 aromatic rings. The van der Waals surface area contributed by atoms with Gasteiger partial charge in [-0.2, -0.15) is 4.39 Å². The molecule has 5 heteroatoms. The number of hydrogen-bond donors (Lipinski definition) is 1. The maximum Gasteiger partial charge on any atom is 0.200 e. The fourth-order valence-electron chi connectivity index (χ4n) is 4.10. The van der Waals surface area contributed by atoms with Crippen LogP contribution in [0.2, 0.25) is 0 Å². The molecule has 0 amide bonds. The van der Waals surface area contributed by atoms with Gasteiger partial charge in [-0.15, -0.1) is 6.58 Å². The SMILES string of the molecule is C=CCCOc1ccc(C2CCC(c3ccc(C(C)O)c(F)c3)CC2)c(F)c1F. The minimum atomic E-state index is -0.940. The Bertz CT molecular complexity index is 855. The van der Waals surface area contributed by atoms with Crippen molar-refractivity contribution in [3.63, 3.8) is 0 Å². The summed E-state index contributed by atoms with van der Waals surface area (Å²) in [5.41, 5.74) is 1.56. The van der Waals surface area contributed by atoms with Crippen LogP contribution in [0.3, 0.4) is 0 Å². The molecule has 0 aromatic heterocycles. The van der Waals surface area contributed by atoms with Crippen LogP contribution in [-0.4, -0.2) is 11.7 Å². The summed E-state index contributed by atoms with van der Waals surface area (Å²) in [7, 11) is 0. The third kappa shape index (κ3) is 4.84. The molecule has 0 spiro atoms. The Morgan fingerprint density at radius 1 is 1.07 bits per heavy atom. The zero-order valence-electron chi connectivity index (χ0n) is 16.6. The average Bonchev–Trinajstić information content (AvgIpc) is 2.71. The summed E-state index contributed by atoms with van der Waals surface area (Å²) in [6.45, 7) is 5.37. The van der Waals surface area contributed by atoms with Gasteiger partial charge < -0.3 is 9.84 Å². The number of rotatable bonds is 7. The number of ether oxygens (including phenoxy) is 1. The molecule has 0 bridgehead atoms. The van der Waals surface area contributed by atoms with Gasteiger partial charge in [-0.05, 0) is 74.1 Å². The molecule has 0 heterocycles. The van der Waals surface area contributed by atoms with E-state index in [0.29, 0.717) is 24.8 Å². The smallest absolute Gasteiger partial charge is 0.200 e. The van der Waals surface area contributed by atoms with E-state index in [-0.39, 0.29) is 29.8 Å². The number of aliphatic hydroxyl groups excluding tert-OH is 1. The fourth-order valence-corrected chi connectivity index (χ4v) is 4.10. The van der Waals surface area contributed by atoms with Gasteiger partial charge >= 0.3 is 0 Å². The van der Waals surface area contributed by atoms with Crippen LogP contribution in [0.15, 0.2) is 43.0 Å². The van der Waals surface area contributed by atoms with Gasteiger partial charge in [-0.1, -0.05) is 24.3 Å². The highest BCUT2D eigenvalue weighted by molar-refractivity contribution is 5.34. The van der Waals surface area contributed by atoms with E-state index < -0.39 is 23.6 Å². The van der Waals surface area contributed by atoms with Gasteiger partial charge in [-0.3, -0.25) is 0 Å². The van der Waals surface area contributed by atoms with E-state index in [0.717, 1.165) is 18.4 Å². The van der Waals surface area contributed by atoms with E-state index in [4.69, 9.17) is 4.74 Å². The van der Waals surface area contributed by atoms with Crippen molar-refractivity contribution in [1.82, 2.24) is 0 Å². The Morgan fingerprint density at radius 2 is 1.76 bits per heavy atom. The van der Waals surface area contributed by atoms with Gasteiger partial charge in [-0.25, -0.2) is 8.78 Å². The zero-order chi connectivity index (χ0) is 21.0. The van der Waals surface area contributed by atoms with Crippen molar-refractivity contribution in [1.29, 1.82) is 0 Å². The molecule has 1 saturated carbocycles. The number of halogens is 3. The second kappa shape index (κ2) is 9.49. The second-order valence-corrected chi connectivity index (χ2v) is 7.71. The number of aliphatic hydroxyl groups is 1. The molecule has 0 aliphatic heterocycles. The first-order valence-electron chi connectivity index (χ1n) is 10.1. The van der Waals surface area contributed by atoms with Gasteiger partial charge in [0, 0.05) is 5.56 Å². The van der Waals surface area contributed by atoms with Gasteiger partial charge in [0.25, 0.3) is 0 Å². The van der Waals surface area contributed by atoms with Crippen LogP contribution in [-0.2, 0) is 0 Å². The minimum Gasteiger partial charge on any atom is -0.490 e. The minimum absolute atomic E-state index is 0.0652. The van der Waals surface area contributed by atoms with Crippen LogP contribution >= 0.6 is 0 Å². The lowest BCUT2D eigenvalue weighted by atomic mass is 9.76. The maximum absolute atomic E-state index is 14.6. The third-order valence-electron chi connectivity index (χ3n) is 5.77. The summed E-state index contributed by atoms with van der Waals surface area (Å²) in [6, 6.07) is 8.08. The van der Waals surface area contributed by atoms with Crippen LogP contribution in [0.5, 0.6) is 5.75 Å². The van der Waals surface area contributed by atoms with Gasteiger partial charge in [0.2, 0.25) is 5.82 Å². The van der Waals surface area contributed by atoms with Crippen molar-refractivity contribution in [2.75, 3.05) is 6.61 Å². The topological polar surface area (TPSA) is 29.5 Å². The molecule has 2 nitrogen and oxygen atoms in total. The summed E-state index contributed by atoms with van der Waals surface area (Å²) in [4.78, 5) is 0. The lowest BCUT2D eigenvalue weighted by Crippen LogP contribution is -2.14. The highest BCUT2D eigenvalue weighted by atomic mass is 19.2. The van der Waals surface area contributed by atoms with Crippen LogP contribution < -0.4 is 4.74 Å². The monoisotopic (exact) mass is 404 g/mol. The van der Waals surface area contributed by atoms with Crippen LogP contribution in [0.4, 0.5) is 13.2 Å². The molecular formula is C24H27F3O2. The third-order valence-corrected chi connectivity index (χ3v) is 5.77. The summed E-state index contributed by atoms with van der Waals surface area (Å²) in [5.74, 6) is -2.14. The van der Waals surface area contributed by atoms with E-state index in [2.05, 4.69) is 6.58 Å². The molecule has 29 heavy (non-hydrogen) atoms. The molecule has 2 aromatic carbocycles. The van der Waals surface area contributed by atoms with E-state index in [9.17, 15) is 18.3 Å². The van der Waals surface area contributed by atoms with E-state index >= 15 is 0 Å². The van der Waals surface area contributed by atoms with Crippen molar-refractivity contribution in [3.8, 4) is 5.75 Å². The molecule has 1 aliphatic rings. The van der Waals surface area contributed by atoms with Crippen molar-refractivity contribution < 1.29 is 23.0 Å². The summed E-state index contributed by atoms with van der Waals surface area (Å²) in [5, 5.41) is 9.58. The molecule has 1 fully saturated rings. The first-order chi connectivity index (χ1) is 13.9. The summed E-state index contributed by atoms with van der Waals surface area (Å²) < 4.78 is 48.4. The van der Waals surface area contributed by atoms with Crippen molar-refractivity contribution >= 4 is 0 Å². The van der Waals surface area contributed by atoms with Gasteiger partial charge in [0.05, 0.1) is 12.7 Å². The second-order valence-electron chi connectivity index (χ2n) is 7.71. The van der Waals surface area contributed by atoms with Crippen LogP contribution in [0.25, 0.3) is 0 Å². The predicted molar refractivity (Wildman–Crippen MR) is 108 cm³/mol. The summed E-state index contributed by atoms with van der Waals surface area (Å²) in [6.07, 6.45) is 4.33. The molecule has 0 radical (unpaired) electrons. The van der Waals surface area contributed by atoms with E-state index in [1.807, 2.05) is 6.07 Å². The van der Waals surface area contributed by atoms with Crippen molar-refractivity contribution in [3.05, 3.63) is 77.1 Å². The molecule has 1 aliphatic carbocycles. The van der Waals surface area contributed by atoms with Crippen LogP contribution in [0, 0.1) is 17.5 Å². The lowest BCUT2D eigenvalue weighted by Gasteiger charge is -2.29. The van der Waals surface area contributed by atoms with Gasteiger partial charge in [0.1, 0.15) is 5.82 Å². The standard InChI is InChI=1S/C24H27F3O2/c1-3-4-13-29-22-12-11-20(23(26)24(22)27)17-7-5-16(6-8-17)18-9-10-19(15(2)28)21(25)14-18/h3,9-12,14-17,28H,1,4-8,13H2,2H3. The molecule has 1 atom stereocenters. The molecule has 3 rings (SSSR count). The number of hydrogen-bond acceptors (Lipinski definition) is 2. The van der Waals surface area contributed by atoms with E-state index in [1.54, 1.807) is 18.2 Å².